The summed E-state index contributed by atoms with van der Waals surface area (Å²) in [5.74, 6) is -1.63. The number of nitro groups is 1. The molecule has 102 valence electrons. The van der Waals surface area contributed by atoms with Gasteiger partial charge in [0.2, 0.25) is 0 Å². The van der Waals surface area contributed by atoms with E-state index in [1.807, 2.05) is 0 Å². The highest BCUT2D eigenvalue weighted by Gasteiger charge is 2.21. The van der Waals surface area contributed by atoms with Gasteiger partial charge in [-0.2, -0.15) is 0 Å². The van der Waals surface area contributed by atoms with E-state index in [0.29, 0.717) is 6.07 Å². The second-order valence-electron chi connectivity index (χ2n) is 3.69. The fourth-order valence-electron chi connectivity index (χ4n) is 1.49. The van der Waals surface area contributed by atoms with E-state index in [2.05, 4.69) is 15.3 Å². The summed E-state index contributed by atoms with van der Waals surface area (Å²) in [6.07, 6.45) is 4.01. The number of rotatable bonds is 3. The standard InChI is InChI=1S/C11H8FN5O3/c12-6-3-7(10(13)8(4-6)17(19)20)11(18)16-9-5-14-1-2-15-9/h1-5H,13H2,(H,15,16,18). The Labute approximate surface area is 111 Å². The lowest BCUT2D eigenvalue weighted by molar-refractivity contribution is -0.384. The highest BCUT2D eigenvalue weighted by Crippen LogP contribution is 2.27. The molecule has 2 rings (SSSR count). The van der Waals surface area contributed by atoms with Gasteiger partial charge in [0, 0.05) is 12.4 Å². The number of nitro benzene ring substituents is 1. The van der Waals surface area contributed by atoms with Gasteiger partial charge in [-0.25, -0.2) is 9.37 Å². The molecule has 0 saturated carbocycles. The molecule has 0 radical (unpaired) electrons. The van der Waals surface area contributed by atoms with E-state index in [4.69, 9.17) is 5.73 Å². The van der Waals surface area contributed by atoms with Crippen LogP contribution in [0.2, 0.25) is 0 Å². The summed E-state index contributed by atoms with van der Waals surface area (Å²) in [5.41, 5.74) is 4.07. The van der Waals surface area contributed by atoms with Gasteiger partial charge in [0.15, 0.2) is 5.82 Å². The number of anilines is 2. The molecule has 0 bridgehead atoms. The molecule has 0 aliphatic carbocycles. The number of hydrogen-bond donors (Lipinski definition) is 2. The number of nitrogens with zero attached hydrogens (tertiary/aromatic N) is 3. The minimum Gasteiger partial charge on any atom is -0.393 e. The van der Waals surface area contributed by atoms with Crippen LogP contribution in [-0.2, 0) is 0 Å². The van der Waals surface area contributed by atoms with Crippen molar-refractivity contribution in [1.29, 1.82) is 0 Å². The summed E-state index contributed by atoms with van der Waals surface area (Å²) in [7, 11) is 0. The Balaban J connectivity index is 2.37. The predicted octanol–water partition coefficient (Wildman–Crippen LogP) is 1.36. The summed E-state index contributed by atoms with van der Waals surface area (Å²) in [6.45, 7) is 0. The number of halogens is 1. The van der Waals surface area contributed by atoms with Crippen molar-refractivity contribution in [2.24, 2.45) is 0 Å². The van der Waals surface area contributed by atoms with Crippen molar-refractivity contribution in [3.8, 4) is 0 Å². The molecule has 2 aromatic rings. The molecule has 3 N–H and O–H groups in total. The Bertz CT molecular complexity index is 677. The van der Waals surface area contributed by atoms with Crippen molar-refractivity contribution in [2.75, 3.05) is 11.1 Å². The highest BCUT2D eigenvalue weighted by molar-refractivity contribution is 6.08. The van der Waals surface area contributed by atoms with E-state index in [1.165, 1.54) is 18.6 Å². The van der Waals surface area contributed by atoms with Gasteiger partial charge >= 0.3 is 0 Å². The summed E-state index contributed by atoms with van der Waals surface area (Å²) in [5, 5.41) is 13.0. The number of hydrogen-bond acceptors (Lipinski definition) is 6. The third kappa shape index (κ3) is 2.66. The van der Waals surface area contributed by atoms with Gasteiger partial charge in [0.25, 0.3) is 11.6 Å². The van der Waals surface area contributed by atoms with Gasteiger partial charge in [-0.15, -0.1) is 0 Å². The van der Waals surface area contributed by atoms with Crippen LogP contribution in [-0.4, -0.2) is 20.8 Å². The smallest absolute Gasteiger partial charge is 0.295 e. The Kier molecular flexibility index (Phi) is 3.51. The Morgan fingerprint density at radius 1 is 1.40 bits per heavy atom. The van der Waals surface area contributed by atoms with E-state index >= 15 is 0 Å². The molecule has 20 heavy (non-hydrogen) atoms. The van der Waals surface area contributed by atoms with Crippen LogP contribution >= 0.6 is 0 Å². The van der Waals surface area contributed by atoms with Gasteiger partial charge in [0.05, 0.1) is 22.7 Å². The zero-order valence-electron chi connectivity index (χ0n) is 9.91. The van der Waals surface area contributed by atoms with Crippen LogP contribution < -0.4 is 11.1 Å². The average molecular weight is 277 g/mol. The molecule has 8 nitrogen and oxygen atoms in total. The van der Waals surface area contributed by atoms with E-state index in [-0.39, 0.29) is 11.4 Å². The van der Waals surface area contributed by atoms with Crippen LogP contribution in [0, 0.1) is 15.9 Å². The fraction of sp³-hybridized carbons (Fsp3) is 0. The average Bonchev–Trinajstić information content (AvgIpc) is 2.41. The topological polar surface area (TPSA) is 124 Å². The van der Waals surface area contributed by atoms with Crippen molar-refractivity contribution in [3.63, 3.8) is 0 Å². The maximum Gasteiger partial charge on any atom is 0.295 e. The molecule has 9 heteroatoms. The van der Waals surface area contributed by atoms with Gasteiger partial charge < -0.3 is 11.1 Å². The number of nitrogens with one attached hydrogen (secondary N) is 1. The zero-order valence-corrected chi connectivity index (χ0v) is 9.91. The number of nitrogens with two attached hydrogens (primary N) is 1. The summed E-state index contributed by atoms with van der Waals surface area (Å²) in [6, 6.07) is 1.46. The molecule has 0 spiro atoms. The van der Waals surface area contributed by atoms with Crippen LogP contribution in [0.5, 0.6) is 0 Å². The van der Waals surface area contributed by atoms with Crippen LogP contribution in [0.3, 0.4) is 0 Å². The normalized spacial score (nSPS) is 10.1. The van der Waals surface area contributed by atoms with Crippen molar-refractivity contribution < 1.29 is 14.1 Å². The number of benzene rings is 1. The highest BCUT2D eigenvalue weighted by atomic mass is 19.1. The first-order valence-electron chi connectivity index (χ1n) is 5.30. The fourth-order valence-corrected chi connectivity index (χ4v) is 1.49. The largest absolute Gasteiger partial charge is 0.393 e. The second-order valence-corrected chi connectivity index (χ2v) is 3.69. The molecule has 1 heterocycles. The lowest BCUT2D eigenvalue weighted by Crippen LogP contribution is -2.16. The van der Waals surface area contributed by atoms with Crippen LogP contribution in [0.15, 0.2) is 30.7 Å². The van der Waals surface area contributed by atoms with E-state index in [1.54, 1.807) is 0 Å². The van der Waals surface area contributed by atoms with Gasteiger partial charge in [-0.05, 0) is 6.07 Å². The van der Waals surface area contributed by atoms with Gasteiger partial charge in [0.1, 0.15) is 11.5 Å². The molecule has 0 saturated heterocycles. The zero-order chi connectivity index (χ0) is 14.7. The quantitative estimate of drug-likeness (QED) is 0.495. The molecule has 0 aliphatic rings. The van der Waals surface area contributed by atoms with Crippen molar-refractivity contribution in [1.82, 2.24) is 9.97 Å². The molecule has 1 aromatic carbocycles. The lowest BCUT2D eigenvalue weighted by Gasteiger charge is -2.07. The minimum atomic E-state index is -0.935. The van der Waals surface area contributed by atoms with Crippen molar-refractivity contribution in [2.45, 2.75) is 0 Å². The first-order valence-corrected chi connectivity index (χ1v) is 5.30. The Morgan fingerprint density at radius 2 is 2.15 bits per heavy atom. The first kappa shape index (κ1) is 13.3. The molecule has 1 amide bonds. The van der Waals surface area contributed by atoms with E-state index in [9.17, 15) is 19.3 Å². The summed E-state index contributed by atoms with van der Waals surface area (Å²) >= 11 is 0. The molecule has 0 atom stereocenters. The summed E-state index contributed by atoms with van der Waals surface area (Å²) in [4.78, 5) is 29.3. The SMILES string of the molecule is Nc1c(C(=O)Nc2cnccn2)cc(F)cc1[N+](=O)[O-]. The maximum atomic E-state index is 13.3. The number of carbonyl (C=O) groups excluding carboxylic acids is 1. The molecule has 0 unspecified atom stereocenters. The van der Waals surface area contributed by atoms with Crippen molar-refractivity contribution >= 4 is 23.1 Å². The maximum absolute atomic E-state index is 13.3. The van der Waals surface area contributed by atoms with E-state index < -0.39 is 28.0 Å². The first-order chi connectivity index (χ1) is 9.49. The number of aromatic nitrogens is 2. The van der Waals surface area contributed by atoms with Crippen LogP contribution in [0.1, 0.15) is 10.4 Å². The summed E-state index contributed by atoms with van der Waals surface area (Å²) < 4.78 is 13.3. The van der Waals surface area contributed by atoms with Gasteiger partial charge in [-0.3, -0.25) is 19.9 Å². The van der Waals surface area contributed by atoms with Gasteiger partial charge in [-0.1, -0.05) is 0 Å². The predicted molar refractivity (Wildman–Crippen MR) is 67.5 cm³/mol. The molecule has 0 aliphatic heterocycles. The Hall–Kier alpha value is -3.10. The van der Waals surface area contributed by atoms with E-state index in [0.717, 1.165) is 6.07 Å². The van der Waals surface area contributed by atoms with Crippen molar-refractivity contribution in [3.05, 3.63) is 52.2 Å². The number of carbonyl (C=O) groups is 1. The number of amides is 1. The molecular weight excluding hydrogens is 269 g/mol. The molecular formula is C11H8FN5O3. The van der Waals surface area contributed by atoms with Crippen LogP contribution in [0.25, 0.3) is 0 Å². The minimum absolute atomic E-state index is 0.115. The third-order valence-electron chi connectivity index (χ3n) is 2.37. The molecule has 0 fully saturated rings. The third-order valence-corrected chi connectivity index (χ3v) is 2.37. The molecule has 1 aromatic heterocycles. The van der Waals surface area contributed by atoms with Crippen LogP contribution in [0.4, 0.5) is 21.6 Å². The monoisotopic (exact) mass is 277 g/mol. The number of nitrogen functional groups attached to an aromatic ring is 1. The Morgan fingerprint density at radius 3 is 2.75 bits per heavy atom. The second kappa shape index (κ2) is 5.26. The lowest BCUT2D eigenvalue weighted by atomic mass is 10.1.